The maximum Gasteiger partial charge on any atom is 0.311 e. The first-order valence-electron chi connectivity index (χ1n) is 6.49. The smallest absolute Gasteiger partial charge is 0.311 e. The molecule has 1 aromatic carbocycles. The van der Waals surface area contributed by atoms with Crippen LogP contribution in [0.25, 0.3) is 0 Å². The zero-order chi connectivity index (χ0) is 15.5. The number of rotatable bonds is 6. The van der Waals surface area contributed by atoms with Crippen LogP contribution in [0, 0.1) is 10.1 Å². The lowest BCUT2D eigenvalue weighted by Gasteiger charge is -2.27. The van der Waals surface area contributed by atoms with Crippen LogP contribution in [0.5, 0.6) is 5.75 Å². The van der Waals surface area contributed by atoms with Gasteiger partial charge in [0.15, 0.2) is 5.75 Å². The lowest BCUT2D eigenvalue weighted by Crippen LogP contribution is -2.36. The third-order valence-electron chi connectivity index (χ3n) is 2.57. The third-order valence-corrected chi connectivity index (χ3v) is 2.57. The standard InChI is InChI=1S/C14H22N2O4/c1-10(2)20-13-8-11(6-7-12(13)16(18)19)15(5)9-14(3,4)17/h6-8,10,17H,9H2,1-5H3. The molecule has 0 spiro atoms. The number of ether oxygens (including phenoxy) is 1. The van der Waals surface area contributed by atoms with Crippen LogP contribution in [0.1, 0.15) is 27.7 Å². The molecule has 0 heterocycles. The fraction of sp³-hybridized carbons (Fsp3) is 0.571. The summed E-state index contributed by atoms with van der Waals surface area (Å²) in [5.74, 6) is 0.241. The van der Waals surface area contributed by atoms with Gasteiger partial charge in [-0.2, -0.15) is 0 Å². The molecule has 0 amide bonds. The zero-order valence-electron chi connectivity index (χ0n) is 12.6. The Morgan fingerprint density at radius 1 is 1.45 bits per heavy atom. The van der Waals surface area contributed by atoms with Gasteiger partial charge in [-0.25, -0.2) is 0 Å². The van der Waals surface area contributed by atoms with Gasteiger partial charge in [0.05, 0.1) is 16.6 Å². The monoisotopic (exact) mass is 282 g/mol. The molecule has 0 fully saturated rings. The van der Waals surface area contributed by atoms with Crippen LogP contribution in [0.2, 0.25) is 0 Å². The van der Waals surface area contributed by atoms with E-state index in [9.17, 15) is 15.2 Å². The van der Waals surface area contributed by atoms with Gasteiger partial charge in [0, 0.05) is 31.4 Å². The van der Waals surface area contributed by atoms with Gasteiger partial charge in [0.2, 0.25) is 0 Å². The third kappa shape index (κ3) is 4.70. The molecule has 0 aliphatic rings. The van der Waals surface area contributed by atoms with Gasteiger partial charge in [-0.1, -0.05) is 0 Å². The molecule has 1 aromatic rings. The molecule has 0 unspecified atom stereocenters. The predicted octanol–water partition coefficient (Wildman–Crippen LogP) is 2.59. The molecule has 0 bridgehead atoms. The topological polar surface area (TPSA) is 75.8 Å². The largest absolute Gasteiger partial charge is 0.484 e. The molecule has 0 saturated heterocycles. The van der Waals surface area contributed by atoms with E-state index in [1.807, 2.05) is 25.8 Å². The zero-order valence-corrected chi connectivity index (χ0v) is 12.6. The van der Waals surface area contributed by atoms with Gasteiger partial charge in [0.1, 0.15) is 0 Å². The van der Waals surface area contributed by atoms with Crippen molar-refractivity contribution >= 4 is 11.4 Å². The van der Waals surface area contributed by atoms with E-state index in [1.54, 1.807) is 26.0 Å². The van der Waals surface area contributed by atoms with Crippen LogP contribution in [0.3, 0.4) is 0 Å². The minimum absolute atomic E-state index is 0.0564. The number of hydrogen-bond acceptors (Lipinski definition) is 5. The van der Waals surface area contributed by atoms with Crippen LogP contribution in [-0.2, 0) is 0 Å². The van der Waals surface area contributed by atoms with Crippen molar-refractivity contribution in [3.63, 3.8) is 0 Å². The van der Waals surface area contributed by atoms with E-state index in [0.29, 0.717) is 6.54 Å². The second-order valence-corrected chi connectivity index (χ2v) is 5.74. The first kappa shape index (κ1) is 16.2. The number of nitro groups is 1. The summed E-state index contributed by atoms with van der Waals surface area (Å²) in [5, 5.41) is 20.8. The van der Waals surface area contributed by atoms with E-state index in [4.69, 9.17) is 4.74 Å². The molecule has 112 valence electrons. The van der Waals surface area contributed by atoms with Crippen molar-refractivity contribution < 1.29 is 14.8 Å². The number of aliphatic hydroxyl groups is 1. The van der Waals surface area contributed by atoms with E-state index < -0.39 is 10.5 Å². The molecular weight excluding hydrogens is 260 g/mol. The van der Waals surface area contributed by atoms with E-state index in [1.165, 1.54) is 6.07 Å². The first-order chi connectivity index (χ1) is 9.10. The second-order valence-electron chi connectivity index (χ2n) is 5.74. The Balaban J connectivity index is 3.08. The lowest BCUT2D eigenvalue weighted by molar-refractivity contribution is -0.386. The summed E-state index contributed by atoms with van der Waals surface area (Å²) in [4.78, 5) is 12.4. The number of nitro benzene ring substituents is 1. The van der Waals surface area contributed by atoms with E-state index >= 15 is 0 Å². The van der Waals surface area contributed by atoms with Gasteiger partial charge >= 0.3 is 5.69 Å². The summed E-state index contributed by atoms with van der Waals surface area (Å²) in [7, 11) is 1.82. The quantitative estimate of drug-likeness (QED) is 0.641. The van der Waals surface area contributed by atoms with E-state index in [2.05, 4.69) is 0 Å². The van der Waals surface area contributed by atoms with Crippen molar-refractivity contribution in [2.24, 2.45) is 0 Å². The molecule has 20 heavy (non-hydrogen) atoms. The Hall–Kier alpha value is -1.82. The molecule has 0 radical (unpaired) electrons. The van der Waals surface area contributed by atoms with Crippen LogP contribution in [0.15, 0.2) is 18.2 Å². The van der Waals surface area contributed by atoms with Crippen molar-refractivity contribution in [2.45, 2.75) is 39.4 Å². The molecule has 0 atom stereocenters. The molecule has 1 rings (SSSR count). The van der Waals surface area contributed by atoms with Gasteiger partial charge < -0.3 is 14.7 Å². The maximum absolute atomic E-state index is 11.0. The van der Waals surface area contributed by atoms with Gasteiger partial charge in [0.25, 0.3) is 0 Å². The van der Waals surface area contributed by atoms with Crippen molar-refractivity contribution in [1.82, 2.24) is 0 Å². The number of anilines is 1. The molecule has 0 saturated carbocycles. The van der Waals surface area contributed by atoms with Crippen molar-refractivity contribution in [3.05, 3.63) is 28.3 Å². The average Bonchev–Trinajstić information content (AvgIpc) is 2.25. The summed E-state index contributed by atoms with van der Waals surface area (Å²) >= 11 is 0. The minimum Gasteiger partial charge on any atom is -0.484 e. The summed E-state index contributed by atoms with van der Waals surface area (Å²) < 4.78 is 5.50. The summed E-state index contributed by atoms with van der Waals surface area (Å²) in [6, 6.07) is 4.70. The lowest BCUT2D eigenvalue weighted by atomic mass is 10.1. The Morgan fingerprint density at radius 2 is 2.05 bits per heavy atom. The van der Waals surface area contributed by atoms with E-state index in [-0.39, 0.29) is 17.5 Å². The fourth-order valence-electron chi connectivity index (χ4n) is 1.91. The molecule has 6 nitrogen and oxygen atoms in total. The van der Waals surface area contributed by atoms with Crippen molar-refractivity contribution in [3.8, 4) is 5.75 Å². The summed E-state index contributed by atoms with van der Waals surface area (Å²) in [5.41, 5.74) is -0.150. The highest BCUT2D eigenvalue weighted by Gasteiger charge is 2.20. The molecule has 6 heteroatoms. The number of nitrogens with zero attached hydrogens (tertiary/aromatic N) is 2. The normalized spacial score (nSPS) is 11.6. The first-order valence-corrected chi connectivity index (χ1v) is 6.49. The van der Waals surface area contributed by atoms with Crippen molar-refractivity contribution in [2.75, 3.05) is 18.5 Å². The second kappa shape index (κ2) is 6.09. The Kier molecular flexibility index (Phi) is 4.94. The molecular formula is C14H22N2O4. The number of likely N-dealkylation sites (N-methyl/N-ethyl adjacent to an activating group) is 1. The maximum atomic E-state index is 11.0. The number of hydrogen-bond donors (Lipinski definition) is 1. The molecule has 1 N–H and O–H groups in total. The highest BCUT2D eigenvalue weighted by molar-refractivity contribution is 5.59. The SMILES string of the molecule is CC(C)Oc1cc(N(C)CC(C)(C)O)ccc1[N+](=O)[O-]. The Bertz CT molecular complexity index is 481. The summed E-state index contributed by atoms with van der Waals surface area (Å²) in [6.45, 7) is 7.46. The van der Waals surface area contributed by atoms with Crippen LogP contribution in [0.4, 0.5) is 11.4 Å². The summed E-state index contributed by atoms with van der Waals surface area (Å²) in [6.07, 6.45) is -0.150. The van der Waals surface area contributed by atoms with Crippen LogP contribution >= 0.6 is 0 Å². The Morgan fingerprint density at radius 3 is 2.50 bits per heavy atom. The highest BCUT2D eigenvalue weighted by Crippen LogP contribution is 2.32. The van der Waals surface area contributed by atoms with Crippen molar-refractivity contribution in [1.29, 1.82) is 0 Å². The molecule has 0 aliphatic carbocycles. The van der Waals surface area contributed by atoms with E-state index in [0.717, 1.165) is 5.69 Å². The predicted molar refractivity (Wildman–Crippen MR) is 78.4 cm³/mol. The van der Waals surface area contributed by atoms with Gasteiger partial charge in [-0.3, -0.25) is 10.1 Å². The number of benzene rings is 1. The Labute approximate surface area is 119 Å². The van der Waals surface area contributed by atoms with Gasteiger partial charge in [-0.15, -0.1) is 0 Å². The van der Waals surface area contributed by atoms with Gasteiger partial charge in [-0.05, 0) is 33.8 Å². The fourth-order valence-corrected chi connectivity index (χ4v) is 1.91. The molecule has 0 aliphatic heterocycles. The average molecular weight is 282 g/mol. The van der Waals surface area contributed by atoms with Crippen LogP contribution < -0.4 is 9.64 Å². The highest BCUT2D eigenvalue weighted by atomic mass is 16.6. The minimum atomic E-state index is -0.852. The van der Waals surface area contributed by atoms with Crippen LogP contribution in [-0.4, -0.2) is 35.3 Å². The molecule has 0 aromatic heterocycles.